The summed E-state index contributed by atoms with van der Waals surface area (Å²) >= 11 is 0. The van der Waals surface area contributed by atoms with Crippen molar-refractivity contribution in [2.24, 2.45) is 5.92 Å². The molecule has 0 saturated heterocycles. The maximum absolute atomic E-state index is 11.3. The third-order valence-electron chi connectivity index (χ3n) is 3.41. The van der Waals surface area contributed by atoms with Crippen molar-refractivity contribution in [3.8, 4) is 16.9 Å². The molecule has 0 amide bonds. The van der Waals surface area contributed by atoms with E-state index in [1.807, 2.05) is 36.4 Å². The van der Waals surface area contributed by atoms with E-state index >= 15 is 0 Å². The number of rotatable bonds is 7. The van der Waals surface area contributed by atoms with Crippen molar-refractivity contribution < 1.29 is 24.2 Å². The van der Waals surface area contributed by atoms with Crippen LogP contribution < -0.4 is 4.74 Å². The van der Waals surface area contributed by atoms with Crippen molar-refractivity contribution in [1.82, 2.24) is 0 Å². The molecule has 0 heterocycles. The number of esters is 1. The molecule has 25 heavy (non-hydrogen) atoms. The van der Waals surface area contributed by atoms with Gasteiger partial charge in [0.2, 0.25) is 6.79 Å². The lowest BCUT2D eigenvalue weighted by molar-refractivity contribution is -0.154. The second kappa shape index (κ2) is 8.68. The van der Waals surface area contributed by atoms with E-state index in [2.05, 4.69) is 0 Å². The first-order valence-electron chi connectivity index (χ1n) is 7.86. The summed E-state index contributed by atoms with van der Waals surface area (Å²) < 4.78 is 10.3. The van der Waals surface area contributed by atoms with Gasteiger partial charge in [0.15, 0.2) is 0 Å². The molecule has 1 N–H and O–H groups in total. The average Bonchev–Trinajstić information content (AvgIpc) is 2.61. The normalized spacial score (nSPS) is 10.8. The molecule has 2 aromatic carbocycles. The molecule has 0 bridgehead atoms. The Hall–Kier alpha value is -3.08. The van der Waals surface area contributed by atoms with Crippen LogP contribution in [0, 0.1) is 5.92 Å². The highest BCUT2D eigenvalue weighted by atomic mass is 16.7. The van der Waals surface area contributed by atoms with Gasteiger partial charge in [-0.25, -0.2) is 4.79 Å². The predicted octanol–water partition coefficient (Wildman–Crippen LogP) is 3.99. The van der Waals surface area contributed by atoms with Crippen LogP contribution >= 0.6 is 0 Å². The predicted molar refractivity (Wildman–Crippen MR) is 95.0 cm³/mol. The lowest BCUT2D eigenvalue weighted by atomic mass is 10.0. The molecule has 0 radical (unpaired) electrons. The SMILES string of the molecule is CC(C)C(=O)OCOc1ccc(-c2ccc(C=CC(=O)O)cc2)cc1. The molecule has 0 unspecified atom stereocenters. The fourth-order valence-electron chi connectivity index (χ4n) is 2.02. The number of carboxylic acid groups (broad SMARTS) is 1. The highest BCUT2D eigenvalue weighted by molar-refractivity contribution is 5.85. The summed E-state index contributed by atoms with van der Waals surface area (Å²) in [5.41, 5.74) is 2.82. The fraction of sp³-hybridized carbons (Fsp3) is 0.200. The standard InChI is InChI=1S/C20H20O5/c1-14(2)20(23)25-13-24-18-10-8-17(9-11-18)16-6-3-15(4-7-16)5-12-19(21)22/h3-12,14H,13H2,1-2H3,(H,21,22). The van der Waals surface area contributed by atoms with Crippen molar-refractivity contribution in [1.29, 1.82) is 0 Å². The van der Waals surface area contributed by atoms with Gasteiger partial charge < -0.3 is 14.6 Å². The molecular weight excluding hydrogens is 320 g/mol. The number of aliphatic carboxylic acids is 1. The number of ether oxygens (including phenoxy) is 2. The van der Waals surface area contributed by atoms with Crippen molar-refractivity contribution in [2.45, 2.75) is 13.8 Å². The highest BCUT2D eigenvalue weighted by Crippen LogP contribution is 2.23. The molecule has 130 valence electrons. The van der Waals surface area contributed by atoms with E-state index in [0.29, 0.717) is 5.75 Å². The number of carbonyl (C=O) groups is 2. The molecule has 0 atom stereocenters. The van der Waals surface area contributed by atoms with E-state index in [0.717, 1.165) is 22.8 Å². The van der Waals surface area contributed by atoms with Gasteiger partial charge in [0, 0.05) is 6.08 Å². The molecule has 0 aliphatic rings. The monoisotopic (exact) mass is 340 g/mol. The van der Waals surface area contributed by atoms with Crippen LogP contribution in [0.4, 0.5) is 0 Å². The minimum absolute atomic E-state index is 0.110. The molecule has 2 aromatic rings. The van der Waals surface area contributed by atoms with E-state index in [9.17, 15) is 9.59 Å². The van der Waals surface area contributed by atoms with Crippen molar-refractivity contribution in [2.75, 3.05) is 6.79 Å². The van der Waals surface area contributed by atoms with E-state index in [1.165, 1.54) is 0 Å². The fourth-order valence-corrected chi connectivity index (χ4v) is 2.02. The van der Waals surface area contributed by atoms with Gasteiger partial charge in [-0.2, -0.15) is 0 Å². The van der Waals surface area contributed by atoms with Crippen LogP contribution in [0.1, 0.15) is 19.4 Å². The van der Waals surface area contributed by atoms with Crippen molar-refractivity contribution in [3.05, 3.63) is 60.2 Å². The highest BCUT2D eigenvalue weighted by Gasteiger charge is 2.08. The Morgan fingerprint density at radius 2 is 1.56 bits per heavy atom. The Balaban J connectivity index is 1.95. The van der Waals surface area contributed by atoms with Crippen LogP contribution in [-0.4, -0.2) is 23.8 Å². The zero-order valence-electron chi connectivity index (χ0n) is 14.1. The van der Waals surface area contributed by atoms with Gasteiger partial charge in [-0.1, -0.05) is 50.2 Å². The molecule has 0 saturated carbocycles. The van der Waals surface area contributed by atoms with Crippen molar-refractivity contribution >= 4 is 18.0 Å². The maximum Gasteiger partial charge on any atom is 0.328 e. The van der Waals surface area contributed by atoms with E-state index in [-0.39, 0.29) is 18.7 Å². The number of benzene rings is 2. The van der Waals surface area contributed by atoms with E-state index in [4.69, 9.17) is 14.6 Å². The Labute approximate surface area is 146 Å². The van der Waals surface area contributed by atoms with Gasteiger partial charge in [-0.15, -0.1) is 0 Å². The van der Waals surface area contributed by atoms with Gasteiger partial charge in [-0.05, 0) is 34.9 Å². The van der Waals surface area contributed by atoms with Crippen LogP contribution in [0.5, 0.6) is 5.75 Å². The molecule has 0 aromatic heterocycles. The summed E-state index contributed by atoms with van der Waals surface area (Å²) in [4.78, 5) is 21.9. The van der Waals surface area contributed by atoms with Crippen LogP contribution in [0.3, 0.4) is 0 Å². The van der Waals surface area contributed by atoms with Crippen LogP contribution in [0.15, 0.2) is 54.6 Å². The first-order chi connectivity index (χ1) is 12.0. The number of carboxylic acids is 1. The Kier molecular flexibility index (Phi) is 6.34. The van der Waals surface area contributed by atoms with E-state index in [1.54, 1.807) is 32.1 Å². The molecular formula is C20H20O5. The molecule has 0 fully saturated rings. The van der Waals surface area contributed by atoms with Crippen LogP contribution in [0.2, 0.25) is 0 Å². The second-order valence-electron chi connectivity index (χ2n) is 5.70. The van der Waals surface area contributed by atoms with E-state index < -0.39 is 5.97 Å². The van der Waals surface area contributed by atoms with Gasteiger partial charge in [0.05, 0.1) is 5.92 Å². The molecule has 0 aliphatic carbocycles. The summed E-state index contributed by atoms with van der Waals surface area (Å²) in [7, 11) is 0. The Morgan fingerprint density at radius 1 is 1.00 bits per heavy atom. The number of carbonyl (C=O) groups excluding carboxylic acids is 1. The summed E-state index contributed by atoms with van der Waals surface area (Å²) in [6.45, 7) is 3.42. The Bertz CT molecular complexity index is 743. The average molecular weight is 340 g/mol. The minimum Gasteiger partial charge on any atom is -0.478 e. The number of hydrogen-bond acceptors (Lipinski definition) is 4. The summed E-state index contributed by atoms with van der Waals surface area (Å²) in [5.74, 6) is -0.840. The zero-order chi connectivity index (χ0) is 18.2. The van der Waals surface area contributed by atoms with Gasteiger partial charge >= 0.3 is 11.9 Å². The van der Waals surface area contributed by atoms with Crippen LogP contribution in [0.25, 0.3) is 17.2 Å². The zero-order valence-corrected chi connectivity index (χ0v) is 14.1. The molecule has 0 aliphatic heterocycles. The number of hydrogen-bond donors (Lipinski definition) is 1. The summed E-state index contributed by atoms with van der Waals surface area (Å²) in [6.07, 6.45) is 2.65. The lowest BCUT2D eigenvalue weighted by Crippen LogP contribution is -2.15. The smallest absolute Gasteiger partial charge is 0.328 e. The molecule has 5 heteroatoms. The molecule has 2 rings (SSSR count). The summed E-state index contributed by atoms with van der Waals surface area (Å²) in [5, 5.41) is 8.63. The summed E-state index contributed by atoms with van der Waals surface area (Å²) in [6, 6.07) is 15.0. The topological polar surface area (TPSA) is 72.8 Å². The van der Waals surface area contributed by atoms with Gasteiger partial charge in [0.25, 0.3) is 0 Å². The quantitative estimate of drug-likeness (QED) is 0.469. The third kappa shape index (κ3) is 5.80. The maximum atomic E-state index is 11.3. The van der Waals surface area contributed by atoms with Crippen LogP contribution in [-0.2, 0) is 14.3 Å². The van der Waals surface area contributed by atoms with Crippen molar-refractivity contribution in [3.63, 3.8) is 0 Å². The Morgan fingerprint density at radius 3 is 2.08 bits per heavy atom. The molecule has 5 nitrogen and oxygen atoms in total. The lowest BCUT2D eigenvalue weighted by Gasteiger charge is -2.09. The first-order valence-corrected chi connectivity index (χ1v) is 7.86. The third-order valence-corrected chi connectivity index (χ3v) is 3.41. The minimum atomic E-state index is -0.973. The largest absolute Gasteiger partial charge is 0.478 e. The molecule has 0 spiro atoms. The van der Waals surface area contributed by atoms with Gasteiger partial charge in [-0.3, -0.25) is 4.79 Å². The van der Waals surface area contributed by atoms with Gasteiger partial charge in [0.1, 0.15) is 5.75 Å². The second-order valence-corrected chi connectivity index (χ2v) is 5.70. The first kappa shape index (κ1) is 18.3.